The van der Waals surface area contributed by atoms with Gasteiger partial charge in [0.1, 0.15) is 17.7 Å². The van der Waals surface area contributed by atoms with Gasteiger partial charge in [0.05, 0.1) is 0 Å². The smallest absolute Gasteiger partial charge is 0.221 e. The van der Waals surface area contributed by atoms with Crippen LogP contribution in [0, 0.1) is 11.7 Å². The summed E-state index contributed by atoms with van der Waals surface area (Å²) in [5.74, 6) is 1.06. The molecule has 4 nitrogen and oxygen atoms in total. The Bertz CT molecular complexity index is 491. The van der Waals surface area contributed by atoms with Gasteiger partial charge in [0.25, 0.3) is 0 Å². The average molecular weight is 294 g/mol. The molecule has 2 rings (SSSR count). The fourth-order valence-electron chi connectivity index (χ4n) is 2.27. The van der Waals surface area contributed by atoms with Gasteiger partial charge in [0, 0.05) is 38.0 Å². The summed E-state index contributed by atoms with van der Waals surface area (Å²) < 4.78 is 18.8. The van der Waals surface area contributed by atoms with Crippen molar-refractivity contribution in [2.75, 3.05) is 19.6 Å². The Balaban J connectivity index is 1.62. The van der Waals surface area contributed by atoms with E-state index < -0.39 is 0 Å². The molecule has 0 spiro atoms. The van der Waals surface area contributed by atoms with E-state index in [4.69, 9.17) is 4.74 Å². The SMILES string of the molecule is CC(C)CNC(=O)CCNCC1Cc2cc(F)ccc2O1. The van der Waals surface area contributed by atoms with Gasteiger partial charge in [-0.2, -0.15) is 0 Å². The number of hydrogen-bond acceptors (Lipinski definition) is 3. The molecule has 0 radical (unpaired) electrons. The lowest BCUT2D eigenvalue weighted by Crippen LogP contribution is -2.34. The number of rotatable bonds is 7. The molecule has 0 saturated heterocycles. The maximum atomic E-state index is 13.1. The van der Waals surface area contributed by atoms with E-state index in [1.54, 1.807) is 6.07 Å². The van der Waals surface area contributed by atoms with E-state index in [1.165, 1.54) is 12.1 Å². The van der Waals surface area contributed by atoms with Crippen LogP contribution in [0.2, 0.25) is 0 Å². The first-order chi connectivity index (χ1) is 10.0. The van der Waals surface area contributed by atoms with Crippen molar-refractivity contribution < 1.29 is 13.9 Å². The minimum atomic E-state index is -0.229. The van der Waals surface area contributed by atoms with Gasteiger partial charge in [0.15, 0.2) is 0 Å². The van der Waals surface area contributed by atoms with Crippen molar-refractivity contribution in [3.05, 3.63) is 29.6 Å². The Kier molecular flexibility index (Phi) is 5.56. The van der Waals surface area contributed by atoms with Gasteiger partial charge in [-0.25, -0.2) is 4.39 Å². The maximum absolute atomic E-state index is 13.1. The minimum Gasteiger partial charge on any atom is -0.488 e. The molecule has 1 aliphatic heterocycles. The minimum absolute atomic E-state index is 0.0144. The second kappa shape index (κ2) is 7.41. The van der Waals surface area contributed by atoms with Gasteiger partial charge in [-0.05, 0) is 24.1 Å². The van der Waals surface area contributed by atoms with Crippen molar-refractivity contribution in [1.82, 2.24) is 10.6 Å². The third-order valence-corrected chi connectivity index (χ3v) is 3.37. The number of ether oxygens (including phenoxy) is 1. The molecule has 1 atom stereocenters. The summed E-state index contributed by atoms with van der Waals surface area (Å²) >= 11 is 0. The Hall–Kier alpha value is -1.62. The van der Waals surface area contributed by atoms with E-state index in [1.807, 2.05) is 0 Å². The molecule has 0 fully saturated rings. The van der Waals surface area contributed by atoms with Crippen LogP contribution < -0.4 is 15.4 Å². The number of benzene rings is 1. The predicted molar refractivity (Wildman–Crippen MR) is 79.9 cm³/mol. The standard InChI is InChI=1S/C16H23FN2O2/c1-11(2)9-19-16(20)5-6-18-10-14-8-12-7-13(17)3-4-15(12)21-14/h3-4,7,11,14,18H,5-6,8-10H2,1-2H3,(H,19,20). The number of carbonyl (C=O) groups excluding carboxylic acids is 1. The highest BCUT2D eigenvalue weighted by Crippen LogP contribution is 2.28. The summed E-state index contributed by atoms with van der Waals surface area (Å²) in [6.45, 7) is 6.13. The highest BCUT2D eigenvalue weighted by molar-refractivity contribution is 5.76. The van der Waals surface area contributed by atoms with Crippen LogP contribution in [0.25, 0.3) is 0 Å². The predicted octanol–water partition coefficient (Wildman–Crippen LogP) is 1.88. The lowest BCUT2D eigenvalue weighted by atomic mass is 10.1. The monoisotopic (exact) mass is 294 g/mol. The summed E-state index contributed by atoms with van der Waals surface area (Å²) in [6, 6.07) is 4.60. The maximum Gasteiger partial charge on any atom is 0.221 e. The van der Waals surface area contributed by atoms with Gasteiger partial charge >= 0.3 is 0 Å². The Labute approximate surface area is 125 Å². The van der Waals surface area contributed by atoms with E-state index in [0.717, 1.165) is 11.3 Å². The normalized spacial score (nSPS) is 16.7. The zero-order chi connectivity index (χ0) is 15.2. The molecule has 1 amide bonds. The van der Waals surface area contributed by atoms with Crippen LogP contribution in [-0.2, 0) is 11.2 Å². The summed E-state index contributed by atoms with van der Waals surface area (Å²) in [7, 11) is 0. The number of hydrogen-bond donors (Lipinski definition) is 2. The van der Waals surface area contributed by atoms with E-state index in [9.17, 15) is 9.18 Å². The Morgan fingerprint density at radius 3 is 3.05 bits per heavy atom. The summed E-state index contributed by atoms with van der Waals surface area (Å²) in [5.41, 5.74) is 0.913. The molecule has 5 heteroatoms. The van der Waals surface area contributed by atoms with E-state index >= 15 is 0 Å². The van der Waals surface area contributed by atoms with Crippen LogP contribution >= 0.6 is 0 Å². The molecule has 0 bridgehead atoms. The first-order valence-corrected chi connectivity index (χ1v) is 7.47. The van der Waals surface area contributed by atoms with Crippen molar-refractivity contribution in [2.45, 2.75) is 32.8 Å². The van der Waals surface area contributed by atoms with Crippen LogP contribution in [0.3, 0.4) is 0 Å². The highest BCUT2D eigenvalue weighted by Gasteiger charge is 2.22. The molecule has 0 saturated carbocycles. The summed E-state index contributed by atoms with van der Waals surface area (Å²) in [5, 5.41) is 6.09. The third kappa shape index (κ3) is 5.01. The number of halogens is 1. The molecule has 1 heterocycles. The Morgan fingerprint density at radius 2 is 2.29 bits per heavy atom. The van der Waals surface area contributed by atoms with E-state index in [-0.39, 0.29) is 17.8 Å². The topological polar surface area (TPSA) is 50.4 Å². The molecular weight excluding hydrogens is 271 g/mol. The third-order valence-electron chi connectivity index (χ3n) is 3.37. The lowest BCUT2D eigenvalue weighted by molar-refractivity contribution is -0.121. The number of fused-ring (bicyclic) bond motifs is 1. The van der Waals surface area contributed by atoms with Crippen molar-refractivity contribution in [3.8, 4) is 5.75 Å². The molecule has 116 valence electrons. The van der Waals surface area contributed by atoms with E-state index in [2.05, 4.69) is 24.5 Å². The molecule has 0 aromatic heterocycles. The van der Waals surface area contributed by atoms with Gasteiger partial charge in [0.2, 0.25) is 5.91 Å². The van der Waals surface area contributed by atoms with Crippen LogP contribution in [0.4, 0.5) is 4.39 Å². The molecule has 1 aromatic rings. The van der Waals surface area contributed by atoms with Crippen LogP contribution in [0.1, 0.15) is 25.8 Å². The first kappa shape index (κ1) is 15.8. The van der Waals surface area contributed by atoms with Crippen LogP contribution in [-0.4, -0.2) is 31.6 Å². The average Bonchev–Trinajstić information content (AvgIpc) is 2.83. The van der Waals surface area contributed by atoms with Crippen LogP contribution in [0.15, 0.2) is 18.2 Å². The van der Waals surface area contributed by atoms with Gasteiger partial charge in [-0.3, -0.25) is 4.79 Å². The Morgan fingerprint density at radius 1 is 1.48 bits per heavy atom. The fraction of sp³-hybridized carbons (Fsp3) is 0.562. The van der Waals surface area contributed by atoms with Crippen molar-refractivity contribution in [1.29, 1.82) is 0 Å². The molecule has 2 N–H and O–H groups in total. The molecule has 1 unspecified atom stereocenters. The second-order valence-electron chi connectivity index (χ2n) is 5.85. The largest absolute Gasteiger partial charge is 0.488 e. The van der Waals surface area contributed by atoms with Gasteiger partial charge in [-0.1, -0.05) is 13.8 Å². The van der Waals surface area contributed by atoms with Crippen molar-refractivity contribution >= 4 is 5.91 Å². The molecule has 1 aromatic carbocycles. The fourth-order valence-corrected chi connectivity index (χ4v) is 2.27. The number of nitrogens with one attached hydrogen (secondary N) is 2. The van der Waals surface area contributed by atoms with Gasteiger partial charge in [-0.15, -0.1) is 0 Å². The zero-order valence-corrected chi connectivity index (χ0v) is 12.6. The highest BCUT2D eigenvalue weighted by atomic mass is 19.1. The summed E-state index contributed by atoms with van der Waals surface area (Å²) in [4.78, 5) is 11.5. The van der Waals surface area contributed by atoms with Crippen molar-refractivity contribution in [2.24, 2.45) is 5.92 Å². The lowest BCUT2D eigenvalue weighted by Gasteiger charge is -2.12. The van der Waals surface area contributed by atoms with E-state index in [0.29, 0.717) is 38.4 Å². The zero-order valence-electron chi connectivity index (χ0n) is 12.6. The molecular formula is C16H23FN2O2. The molecule has 21 heavy (non-hydrogen) atoms. The molecule has 0 aliphatic carbocycles. The van der Waals surface area contributed by atoms with Crippen LogP contribution in [0.5, 0.6) is 5.75 Å². The molecule has 1 aliphatic rings. The second-order valence-corrected chi connectivity index (χ2v) is 5.85. The number of carbonyl (C=O) groups is 1. The van der Waals surface area contributed by atoms with Gasteiger partial charge < -0.3 is 15.4 Å². The first-order valence-electron chi connectivity index (χ1n) is 7.47. The summed E-state index contributed by atoms with van der Waals surface area (Å²) in [6.07, 6.45) is 1.18. The number of amides is 1. The quantitative estimate of drug-likeness (QED) is 0.755. The van der Waals surface area contributed by atoms with Crippen molar-refractivity contribution in [3.63, 3.8) is 0 Å².